The van der Waals surface area contributed by atoms with Gasteiger partial charge in [0.1, 0.15) is 17.2 Å². The maximum absolute atomic E-state index is 13.2. The van der Waals surface area contributed by atoms with Crippen LogP contribution in [0.1, 0.15) is 28.1 Å². The SMILES string of the molecule is CNC(=O)CN1CCC(NC(=O)c2sc(-c3ccccc3)cc2OCc2ccccc2)CC1. The minimum Gasteiger partial charge on any atom is -0.487 e. The van der Waals surface area contributed by atoms with Gasteiger partial charge < -0.3 is 15.4 Å². The number of rotatable bonds is 8. The Morgan fingerprint density at radius 1 is 1.03 bits per heavy atom. The van der Waals surface area contributed by atoms with E-state index in [1.54, 1.807) is 7.05 Å². The first-order valence-corrected chi connectivity index (χ1v) is 12.0. The monoisotopic (exact) mass is 463 g/mol. The number of carbonyl (C=O) groups is 2. The highest BCUT2D eigenvalue weighted by Crippen LogP contribution is 2.37. The van der Waals surface area contributed by atoms with Crippen molar-refractivity contribution in [1.29, 1.82) is 0 Å². The third-order valence-corrected chi connectivity index (χ3v) is 6.93. The van der Waals surface area contributed by atoms with Crippen molar-refractivity contribution >= 4 is 23.2 Å². The summed E-state index contributed by atoms with van der Waals surface area (Å²) in [6, 6.07) is 22.0. The molecule has 0 unspecified atom stereocenters. The highest BCUT2D eigenvalue weighted by Gasteiger charge is 2.25. The summed E-state index contributed by atoms with van der Waals surface area (Å²) in [5.41, 5.74) is 2.12. The van der Waals surface area contributed by atoms with Crippen molar-refractivity contribution in [3.63, 3.8) is 0 Å². The summed E-state index contributed by atoms with van der Waals surface area (Å²) in [4.78, 5) is 28.6. The molecule has 33 heavy (non-hydrogen) atoms. The lowest BCUT2D eigenvalue weighted by Crippen LogP contribution is -2.47. The molecule has 1 aliphatic heterocycles. The van der Waals surface area contributed by atoms with E-state index in [0.29, 0.717) is 23.8 Å². The van der Waals surface area contributed by atoms with Crippen LogP contribution in [0, 0.1) is 0 Å². The number of carbonyl (C=O) groups excluding carboxylic acids is 2. The lowest BCUT2D eigenvalue weighted by molar-refractivity contribution is -0.122. The second-order valence-corrected chi connectivity index (χ2v) is 9.19. The maximum Gasteiger partial charge on any atom is 0.265 e. The number of piperidine rings is 1. The van der Waals surface area contributed by atoms with E-state index in [-0.39, 0.29) is 17.9 Å². The molecule has 2 aromatic carbocycles. The Balaban J connectivity index is 1.45. The average Bonchev–Trinajstić information content (AvgIpc) is 3.29. The smallest absolute Gasteiger partial charge is 0.265 e. The molecule has 6 nitrogen and oxygen atoms in total. The number of nitrogens with zero attached hydrogens (tertiary/aromatic N) is 1. The molecule has 2 heterocycles. The first-order chi connectivity index (χ1) is 16.1. The fraction of sp³-hybridized carbons (Fsp3) is 0.308. The molecule has 2 amide bonds. The second kappa shape index (κ2) is 11.1. The van der Waals surface area contributed by atoms with Gasteiger partial charge in [0.2, 0.25) is 5.91 Å². The Hall–Kier alpha value is -3.16. The van der Waals surface area contributed by atoms with Gasteiger partial charge in [-0.2, -0.15) is 0 Å². The van der Waals surface area contributed by atoms with Crippen LogP contribution < -0.4 is 15.4 Å². The van der Waals surface area contributed by atoms with Crippen LogP contribution in [0.4, 0.5) is 0 Å². The summed E-state index contributed by atoms with van der Waals surface area (Å²) in [6.07, 6.45) is 1.64. The van der Waals surface area contributed by atoms with Crippen LogP contribution in [0.3, 0.4) is 0 Å². The summed E-state index contributed by atoms with van der Waals surface area (Å²) in [5.74, 6) is 0.525. The van der Waals surface area contributed by atoms with Crippen molar-refractivity contribution in [2.45, 2.75) is 25.5 Å². The Labute approximate surface area is 198 Å². The molecule has 0 aliphatic carbocycles. The van der Waals surface area contributed by atoms with E-state index < -0.39 is 0 Å². The highest BCUT2D eigenvalue weighted by molar-refractivity contribution is 7.17. The minimum atomic E-state index is -0.102. The van der Waals surface area contributed by atoms with Crippen molar-refractivity contribution in [2.75, 3.05) is 26.7 Å². The fourth-order valence-electron chi connectivity index (χ4n) is 3.89. The molecule has 3 aromatic rings. The molecule has 0 saturated carbocycles. The van der Waals surface area contributed by atoms with E-state index in [4.69, 9.17) is 4.74 Å². The zero-order valence-electron chi connectivity index (χ0n) is 18.8. The Morgan fingerprint density at radius 2 is 1.70 bits per heavy atom. The molecule has 1 fully saturated rings. The second-order valence-electron chi connectivity index (χ2n) is 8.14. The lowest BCUT2D eigenvalue weighted by atomic mass is 10.0. The van der Waals surface area contributed by atoms with Gasteiger partial charge in [0.05, 0.1) is 6.54 Å². The molecule has 1 aliphatic rings. The quantitative estimate of drug-likeness (QED) is 0.531. The molecule has 0 radical (unpaired) electrons. The van der Waals surface area contributed by atoms with E-state index >= 15 is 0 Å². The standard InChI is InChI=1S/C26H29N3O3S/c1-27-24(30)17-29-14-12-21(13-15-29)28-26(31)25-22(32-18-19-8-4-2-5-9-19)16-23(33-25)20-10-6-3-7-11-20/h2-11,16,21H,12-15,17-18H2,1H3,(H,27,30)(H,28,31). The Kier molecular flexibility index (Phi) is 7.75. The third-order valence-electron chi connectivity index (χ3n) is 5.77. The first-order valence-electron chi connectivity index (χ1n) is 11.2. The van der Waals surface area contributed by atoms with Gasteiger partial charge in [-0.1, -0.05) is 60.7 Å². The van der Waals surface area contributed by atoms with Crippen LogP contribution in [0.25, 0.3) is 10.4 Å². The van der Waals surface area contributed by atoms with Crippen molar-refractivity contribution in [3.05, 3.63) is 77.2 Å². The number of amides is 2. The van der Waals surface area contributed by atoms with Crippen LogP contribution in [-0.2, 0) is 11.4 Å². The number of nitrogens with one attached hydrogen (secondary N) is 2. The van der Waals surface area contributed by atoms with E-state index in [0.717, 1.165) is 41.9 Å². The number of likely N-dealkylation sites (N-methyl/N-ethyl adjacent to an activating group) is 1. The molecular weight excluding hydrogens is 434 g/mol. The van der Waals surface area contributed by atoms with Gasteiger partial charge in [-0.05, 0) is 30.0 Å². The molecule has 4 rings (SSSR count). The zero-order chi connectivity index (χ0) is 23.0. The normalized spacial score (nSPS) is 14.6. The van der Waals surface area contributed by atoms with Crippen LogP contribution in [-0.4, -0.2) is 49.4 Å². The largest absolute Gasteiger partial charge is 0.487 e. The molecule has 0 atom stereocenters. The number of benzene rings is 2. The van der Waals surface area contributed by atoms with Gasteiger partial charge in [-0.15, -0.1) is 11.3 Å². The van der Waals surface area contributed by atoms with E-state index in [1.807, 2.05) is 66.7 Å². The van der Waals surface area contributed by atoms with Crippen LogP contribution in [0.15, 0.2) is 66.7 Å². The molecular formula is C26H29N3O3S. The first kappa shape index (κ1) is 23.0. The van der Waals surface area contributed by atoms with E-state index in [9.17, 15) is 9.59 Å². The van der Waals surface area contributed by atoms with Gasteiger partial charge in [-0.25, -0.2) is 0 Å². The highest BCUT2D eigenvalue weighted by atomic mass is 32.1. The van der Waals surface area contributed by atoms with E-state index in [1.165, 1.54) is 11.3 Å². The summed E-state index contributed by atoms with van der Waals surface area (Å²) < 4.78 is 6.11. The predicted octanol–water partition coefficient (Wildman–Crippen LogP) is 3.93. The maximum atomic E-state index is 13.2. The van der Waals surface area contributed by atoms with Crippen LogP contribution >= 0.6 is 11.3 Å². The Bertz CT molecular complexity index is 1060. The average molecular weight is 464 g/mol. The van der Waals surface area contributed by atoms with Crippen LogP contribution in [0.5, 0.6) is 5.75 Å². The summed E-state index contributed by atoms with van der Waals surface area (Å²) >= 11 is 1.46. The number of likely N-dealkylation sites (tertiary alicyclic amines) is 1. The van der Waals surface area contributed by atoms with Gasteiger partial charge in [-0.3, -0.25) is 14.5 Å². The topological polar surface area (TPSA) is 70.7 Å². The summed E-state index contributed by atoms with van der Waals surface area (Å²) in [6.45, 7) is 2.38. The van der Waals surface area contributed by atoms with Crippen molar-refractivity contribution in [2.24, 2.45) is 0 Å². The van der Waals surface area contributed by atoms with Gasteiger partial charge in [0.25, 0.3) is 5.91 Å². The molecule has 1 aromatic heterocycles. The van der Waals surface area contributed by atoms with Crippen molar-refractivity contribution in [3.8, 4) is 16.2 Å². The van der Waals surface area contributed by atoms with Gasteiger partial charge in [0, 0.05) is 31.1 Å². The Morgan fingerprint density at radius 3 is 2.36 bits per heavy atom. The number of hydrogen-bond acceptors (Lipinski definition) is 5. The molecule has 7 heteroatoms. The molecule has 172 valence electrons. The van der Waals surface area contributed by atoms with Gasteiger partial charge in [0.15, 0.2) is 0 Å². The van der Waals surface area contributed by atoms with Gasteiger partial charge >= 0.3 is 0 Å². The van der Waals surface area contributed by atoms with Crippen molar-refractivity contribution < 1.29 is 14.3 Å². The number of hydrogen-bond donors (Lipinski definition) is 2. The minimum absolute atomic E-state index is 0.0183. The van der Waals surface area contributed by atoms with E-state index in [2.05, 4.69) is 15.5 Å². The third kappa shape index (κ3) is 6.21. The molecule has 0 spiro atoms. The number of thiophene rings is 1. The van der Waals surface area contributed by atoms with Crippen LogP contribution in [0.2, 0.25) is 0 Å². The van der Waals surface area contributed by atoms with Crippen molar-refractivity contribution in [1.82, 2.24) is 15.5 Å². The molecule has 2 N–H and O–H groups in total. The fourth-order valence-corrected chi connectivity index (χ4v) is 4.90. The lowest BCUT2D eigenvalue weighted by Gasteiger charge is -2.31. The number of ether oxygens (including phenoxy) is 1. The molecule has 1 saturated heterocycles. The predicted molar refractivity (Wildman–Crippen MR) is 132 cm³/mol. The molecule has 0 bridgehead atoms. The summed E-state index contributed by atoms with van der Waals surface area (Å²) in [7, 11) is 1.65. The zero-order valence-corrected chi connectivity index (χ0v) is 19.6. The summed E-state index contributed by atoms with van der Waals surface area (Å²) in [5, 5.41) is 5.85.